The van der Waals surface area contributed by atoms with Gasteiger partial charge in [-0.1, -0.05) is 18.2 Å². The van der Waals surface area contributed by atoms with Crippen LogP contribution in [-0.4, -0.2) is 34.2 Å². The number of aromatic nitrogens is 2. The smallest absolute Gasteiger partial charge is 0.416 e. The van der Waals surface area contributed by atoms with E-state index in [-0.39, 0.29) is 37.7 Å². The highest BCUT2D eigenvalue weighted by atomic mass is 19.4. The van der Waals surface area contributed by atoms with E-state index in [4.69, 9.17) is 4.74 Å². The number of hydrogen-bond donors (Lipinski definition) is 2. The Bertz CT molecular complexity index is 1140. The SMILES string of the molecule is CC(C)(NCCCC(F)(F)F)c1cccc(-c2cc(Oc3ccc(C(F)(F)F)cc3)n(CCO)n2)c1. The molecule has 0 unspecified atom stereocenters. The third kappa shape index (κ3) is 7.47. The highest BCUT2D eigenvalue weighted by Crippen LogP contribution is 2.33. The molecule has 0 atom stereocenters. The summed E-state index contributed by atoms with van der Waals surface area (Å²) in [5.74, 6) is 0.403. The van der Waals surface area contributed by atoms with Gasteiger partial charge in [-0.2, -0.15) is 31.4 Å². The van der Waals surface area contributed by atoms with Crippen LogP contribution in [0.4, 0.5) is 26.3 Å². The van der Waals surface area contributed by atoms with E-state index in [0.717, 1.165) is 17.7 Å². The van der Waals surface area contributed by atoms with Gasteiger partial charge in [-0.25, -0.2) is 4.68 Å². The maximum Gasteiger partial charge on any atom is 0.416 e. The Morgan fingerprint density at radius 2 is 1.64 bits per heavy atom. The van der Waals surface area contributed by atoms with Crippen molar-refractivity contribution in [1.29, 1.82) is 0 Å². The van der Waals surface area contributed by atoms with Crippen LogP contribution in [0.5, 0.6) is 11.6 Å². The summed E-state index contributed by atoms with van der Waals surface area (Å²) in [6.45, 7) is 3.78. The van der Waals surface area contributed by atoms with Crippen LogP contribution in [0.25, 0.3) is 11.3 Å². The van der Waals surface area contributed by atoms with Crippen LogP contribution in [0.15, 0.2) is 54.6 Å². The molecule has 11 heteroatoms. The second-order valence-electron chi connectivity index (χ2n) is 8.79. The minimum Gasteiger partial charge on any atom is -0.439 e. The summed E-state index contributed by atoms with van der Waals surface area (Å²) in [5.41, 5.74) is 0.612. The minimum absolute atomic E-state index is 0.0389. The van der Waals surface area contributed by atoms with Crippen molar-refractivity contribution >= 4 is 0 Å². The molecular weight excluding hydrogens is 488 g/mol. The highest BCUT2D eigenvalue weighted by Gasteiger charge is 2.30. The van der Waals surface area contributed by atoms with Crippen molar-refractivity contribution in [2.45, 2.75) is 51.1 Å². The fraction of sp³-hybridized carbons (Fsp3) is 0.400. The molecule has 0 amide bonds. The van der Waals surface area contributed by atoms with E-state index >= 15 is 0 Å². The second-order valence-corrected chi connectivity index (χ2v) is 8.79. The van der Waals surface area contributed by atoms with Crippen LogP contribution < -0.4 is 10.1 Å². The first kappa shape index (κ1) is 27.5. The van der Waals surface area contributed by atoms with Crippen molar-refractivity contribution in [3.8, 4) is 22.9 Å². The lowest BCUT2D eigenvalue weighted by molar-refractivity contribution is -0.137. The largest absolute Gasteiger partial charge is 0.439 e. The third-order valence-corrected chi connectivity index (χ3v) is 5.54. The van der Waals surface area contributed by atoms with Crippen molar-refractivity contribution in [3.05, 3.63) is 65.7 Å². The van der Waals surface area contributed by atoms with E-state index in [2.05, 4.69) is 10.4 Å². The van der Waals surface area contributed by atoms with Gasteiger partial charge in [0, 0.05) is 23.6 Å². The molecule has 0 aliphatic heterocycles. The van der Waals surface area contributed by atoms with Crippen molar-refractivity contribution in [1.82, 2.24) is 15.1 Å². The van der Waals surface area contributed by atoms with Gasteiger partial charge in [0.05, 0.1) is 24.4 Å². The van der Waals surface area contributed by atoms with Crippen molar-refractivity contribution < 1.29 is 36.2 Å². The van der Waals surface area contributed by atoms with E-state index in [0.29, 0.717) is 11.3 Å². The van der Waals surface area contributed by atoms with E-state index < -0.39 is 29.9 Å². The van der Waals surface area contributed by atoms with Crippen molar-refractivity contribution in [2.75, 3.05) is 13.2 Å². The van der Waals surface area contributed by atoms with E-state index in [1.807, 2.05) is 26.0 Å². The topological polar surface area (TPSA) is 59.3 Å². The molecular formula is C25H27F6N3O2. The van der Waals surface area contributed by atoms with Crippen LogP contribution in [0.3, 0.4) is 0 Å². The van der Waals surface area contributed by atoms with Gasteiger partial charge in [-0.3, -0.25) is 0 Å². The Kier molecular flexibility index (Phi) is 8.35. The van der Waals surface area contributed by atoms with Crippen molar-refractivity contribution in [3.63, 3.8) is 0 Å². The predicted octanol–water partition coefficient (Wildman–Crippen LogP) is 6.52. The summed E-state index contributed by atoms with van der Waals surface area (Å²) in [6.07, 6.45) is -9.56. The summed E-state index contributed by atoms with van der Waals surface area (Å²) >= 11 is 0. The molecule has 0 spiro atoms. The van der Waals surface area contributed by atoms with E-state index in [1.165, 1.54) is 16.8 Å². The Morgan fingerprint density at radius 1 is 0.944 bits per heavy atom. The molecule has 2 N–H and O–H groups in total. The summed E-state index contributed by atoms with van der Waals surface area (Å²) in [6, 6.07) is 13.1. The lowest BCUT2D eigenvalue weighted by atomic mass is 9.92. The molecule has 1 aromatic heterocycles. The third-order valence-electron chi connectivity index (χ3n) is 5.54. The summed E-state index contributed by atoms with van der Waals surface area (Å²) in [7, 11) is 0. The van der Waals surface area contributed by atoms with Crippen molar-refractivity contribution in [2.24, 2.45) is 0 Å². The van der Waals surface area contributed by atoms with Gasteiger partial charge in [0.15, 0.2) is 0 Å². The number of halogens is 6. The molecule has 0 bridgehead atoms. The number of ether oxygens (including phenoxy) is 1. The molecule has 196 valence electrons. The van der Waals surface area contributed by atoms with Crippen LogP contribution >= 0.6 is 0 Å². The van der Waals surface area contributed by atoms with E-state index in [1.54, 1.807) is 18.2 Å². The normalized spacial score (nSPS) is 12.7. The number of nitrogens with zero attached hydrogens (tertiary/aromatic N) is 2. The van der Waals surface area contributed by atoms with Gasteiger partial charge in [-0.15, -0.1) is 0 Å². The number of nitrogens with one attached hydrogen (secondary N) is 1. The molecule has 0 radical (unpaired) electrons. The maximum atomic E-state index is 12.8. The quantitative estimate of drug-likeness (QED) is 0.238. The van der Waals surface area contributed by atoms with Crippen LogP contribution in [0, 0.1) is 0 Å². The molecule has 5 nitrogen and oxygen atoms in total. The summed E-state index contributed by atoms with van der Waals surface area (Å²) < 4.78 is 82.9. The molecule has 1 heterocycles. The lowest BCUT2D eigenvalue weighted by Gasteiger charge is -2.27. The number of rotatable bonds is 10. The standard InChI is InChI=1S/C25H27F6N3O2/c1-23(2,32-12-4-11-24(26,27)28)19-6-3-5-17(15-19)21-16-22(34(33-21)13-14-35)36-20-9-7-18(8-10-20)25(29,30)31/h3,5-10,15-16,32,35H,4,11-14H2,1-2H3. The molecule has 3 aromatic rings. The van der Waals surface area contributed by atoms with Crippen LogP contribution in [0.2, 0.25) is 0 Å². The molecule has 3 rings (SSSR count). The van der Waals surface area contributed by atoms with E-state index in [9.17, 15) is 31.4 Å². The second kappa shape index (κ2) is 10.9. The molecule has 36 heavy (non-hydrogen) atoms. The zero-order valence-electron chi connectivity index (χ0n) is 19.7. The predicted molar refractivity (Wildman–Crippen MR) is 123 cm³/mol. The highest BCUT2D eigenvalue weighted by molar-refractivity contribution is 5.62. The monoisotopic (exact) mass is 515 g/mol. The van der Waals surface area contributed by atoms with Gasteiger partial charge < -0.3 is 15.2 Å². The molecule has 2 aromatic carbocycles. The average Bonchev–Trinajstić information content (AvgIpc) is 3.19. The first-order chi connectivity index (χ1) is 16.8. The average molecular weight is 515 g/mol. The zero-order valence-corrected chi connectivity index (χ0v) is 19.7. The van der Waals surface area contributed by atoms with Gasteiger partial charge in [0.1, 0.15) is 5.75 Å². The number of aliphatic hydroxyl groups is 1. The summed E-state index contributed by atoms with van der Waals surface area (Å²) in [4.78, 5) is 0. The molecule has 0 aliphatic carbocycles. The molecule has 0 saturated heterocycles. The Balaban J connectivity index is 1.79. The Labute approximate surface area is 204 Å². The number of alkyl halides is 6. The Hall–Kier alpha value is -3.05. The Morgan fingerprint density at radius 3 is 2.25 bits per heavy atom. The fourth-order valence-corrected chi connectivity index (χ4v) is 3.57. The van der Waals surface area contributed by atoms with Gasteiger partial charge in [0.2, 0.25) is 5.88 Å². The first-order valence-electron chi connectivity index (χ1n) is 11.2. The van der Waals surface area contributed by atoms with Crippen LogP contribution in [-0.2, 0) is 18.3 Å². The van der Waals surface area contributed by atoms with Crippen LogP contribution in [0.1, 0.15) is 37.8 Å². The molecule has 0 fully saturated rings. The van der Waals surface area contributed by atoms with Gasteiger partial charge >= 0.3 is 12.4 Å². The fourth-order valence-electron chi connectivity index (χ4n) is 3.57. The number of hydrogen-bond acceptors (Lipinski definition) is 4. The van der Waals surface area contributed by atoms with Gasteiger partial charge in [0.25, 0.3) is 0 Å². The first-order valence-corrected chi connectivity index (χ1v) is 11.2. The maximum absolute atomic E-state index is 12.8. The number of benzene rings is 2. The molecule has 0 aliphatic rings. The zero-order chi connectivity index (χ0) is 26.6. The number of aliphatic hydroxyl groups excluding tert-OH is 1. The molecule has 0 saturated carbocycles. The van der Waals surface area contributed by atoms with Gasteiger partial charge in [-0.05, 0) is 62.7 Å². The minimum atomic E-state index is -4.46. The summed E-state index contributed by atoms with van der Waals surface area (Å²) in [5, 5.41) is 17.0. The lowest BCUT2D eigenvalue weighted by Crippen LogP contribution is -2.37.